The van der Waals surface area contributed by atoms with Gasteiger partial charge in [0.1, 0.15) is 11.5 Å². The molecule has 0 radical (unpaired) electrons. The lowest BCUT2D eigenvalue weighted by Crippen LogP contribution is -2.23. The molecule has 18 heavy (non-hydrogen) atoms. The molecule has 3 N–H and O–H groups in total. The molecule has 1 aromatic heterocycles. The Morgan fingerprint density at radius 2 is 2.28 bits per heavy atom. The van der Waals surface area contributed by atoms with Crippen LogP contribution in [-0.2, 0) is 6.54 Å². The molecule has 0 aliphatic heterocycles. The van der Waals surface area contributed by atoms with Crippen LogP contribution in [0.5, 0.6) is 5.75 Å². The van der Waals surface area contributed by atoms with Gasteiger partial charge in [-0.2, -0.15) is 0 Å². The Bertz CT molecular complexity index is 535. The van der Waals surface area contributed by atoms with Gasteiger partial charge >= 0.3 is 0 Å². The van der Waals surface area contributed by atoms with Gasteiger partial charge in [0.05, 0.1) is 25.5 Å². The van der Waals surface area contributed by atoms with Gasteiger partial charge in [-0.1, -0.05) is 0 Å². The molecule has 0 aliphatic carbocycles. The van der Waals surface area contributed by atoms with Crippen LogP contribution in [0.4, 0.5) is 5.69 Å². The van der Waals surface area contributed by atoms with Gasteiger partial charge in [-0.25, -0.2) is 0 Å². The fourth-order valence-electron chi connectivity index (χ4n) is 1.57. The van der Waals surface area contributed by atoms with E-state index in [1.807, 2.05) is 0 Å². The van der Waals surface area contributed by atoms with E-state index in [4.69, 9.17) is 14.9 Å². The van der Waals surface area contributed by atoms with Crippen LogP contribution in [0.1, 0.15) is 16.1 Å². The minimum absolute atomic E-state index is 0.233. The molecule has 2 rings (SSSR count). The van der Waals surface area contributed by atoms with Crippen molar-refractivity contribution in [2.24, 2.45) is 0 Å². The van der Waals surface area contributed by atoms with Gasteiger partial charge in [0, 0.05) is 11.8 Å². The number of methoxy groups -OCH3 is 1. The molecular weight excluding hydrogens is 232 g/mol. The summed E-state index contributed by atoms with van der Waals surface area (Å²) in [6.45, 7) is 0.333. The summed E-state index contributed by atoms with van der Waals surface area (Å²) < 4.78 is 10.2. The van der Waals surface area contributed by atoms with Gasteiger partial charge in [-0.15, -0.1) is 0 Å². The van der Waals surface area contributed by atoms with Crippen molar-refractivity contribution in [2.75, 3.05) is 12.8 Å². The predicted molar refractivity (Wildman–Crippen MR) is 67.3 cm³/mol. The molecule has 0 unspecified atom stereocenters. The second-order valence-corrected chi connectivity index (χ2v) is 3.72. The third-order valence-electron chi connectivity index (χ3n) is 2.47. The molecule has 5 nitrogen and oxygen atoms in total. The fourth-order valence-corrected chi connectivity index (χ4v) is 1.57. The number of anilines is 1. The molecule has 0 fully saturated rings. The number of carbonyl (C=O) groups excluding carboxylic acids is 1. The van der Waals surface area contributed by atoms with E-state index in [2.05, 4.69) is 5.32 Å². The van der Waals surface area contributed by atoms with Crippen LogP contribution in [0.2, 0.25) is 0 Å². The number of benzene rings is 1. The van der Waals surface area contributed by atoms with Crippen LogP contribution in [0, 0.1) is 0 Å². The highest BCUT2D eigenvalue weighted by atomic mass is 16.5. The zero-order valence-electron chi connectivity index (χ0n) is 9.97. The highest BCUT2D eigenvalue weighted by Gasteiger charge is 2.12. The minimum atomic E-state index is -0.233. The number of amides is 1. The average molecular weight is 246 g/mol. The van der Waals surface area contributed by atoms with Gasteiger partial charge < -0.3 is 20.2 Å². The lowest BCUT2D eigenvalue weighted by atomic mass is 10.1. The first-order chi connectivity index (χ1) is 8.70. The van der Waals surface area contributed by atoms with E-state index < -0.39 is 0 Å². The van der Waals surface area contributed by atoms with Crippen molar-refractivity contribution in [3.63, 3.8) is 0 Å². The normalized spacial score (nSPS) is 10.1. The highest BCUT2D eigenvalue weighted by Crippen LogP contribution is 2.21. The monoisotopic (exact) mass is 246 g/mol. The number of hydrogen-bond donors (Lipinski definition) is 2. The zero-order chi connectivity index (χ0) is 13.0. The Balaban J connectivity index is 2.09. The Morgan fingerprint density at radius 1 is 1.44 bits per heavy atom. The Labute approximate surface area is 105 Å². The van der Waals surface area contributed by atoms with Crippen LogP contribution in [-0.4, -0.2) is 13.0 Å². The second kappa shape index (κ2) is 5.27. The maximum atomic E-state index is 12.0. The summed E-state index contributed by atoms with van der Waals surface area (Å²) in [5.41, 5.74) is 6.62. The average Bonchev–Trinajstić information content (AvgIpc) is 2.88. The number of nitrogen functional groups attached to an aromatic ring is 1. The number of rotatable bonds is 4. The number of furan rings is 1. The number of nitrogens with one attached hydrogen (secondary N) is 1. The third kappa shape index (κ3) is 2.63. The van der Waals surface area contributed by atoms with Crippen LogP contribution in [0.3, 0.4) is 0 Å². The van der Waals surface area contributed by atoms with Crippen LogP contribution >= 0.6 is 0 Å². The first kappa shape index (κ1) is 12.0. The van der Waals surface area contributed by atoms with Crippen molar-refractivity contribution >= 4 is 11.6 Å². The largest absolute Gasteiger partial charge is 0.496 e. The standard InChI is InChI=1S/C13H14N2O3/c1-17-12-7-9(14)4-5-11(12)13(16)15-8-10-3-2-6-18-10/h2-7H,8,14H2,1H3,(H,15,16). The number of nitrogens with two attached hydrogens (primary N) is 1. The van der Waals surface area contributed by atoms with E-state index in [1.165, 1.54) is 7.11 Å². The molecule has 1 amide bonds. The summed E-state index contributed by atoms with van der Waals surface area (Å²) in [4.78, 5) is 12.0. The lowest BCUT2D eigenvalue weighted by molar-refractivity contribution is 0.0945. The van der Waals surface area contributed by atoms with Crippen molar-refractivity contribution in [1.29, 1.82) is 0 Å². The van der Waals surface area contributed by atoms with Crippen molar-refractivity contribution in [1.82, 2.24) is 5.32 Å². The predicted octanol–water partition coefficient (Wildman–Crippen LogP) is 1.80. The van der Waals surface area contributed by atoms with E-state index >= 15 is 0 Å². The highest BCUT2D eigenvalue weighted by molar-refractivity contribution is 5.97. The van der Waals surface area contributed by atoms with Crippen molar-refractivity contribution in [2.45, 2.75) is 6.54 Å². The van der Waals surface area contributed by atoms with E-state index in [0.717, 1.165) is 0 Å². The molecule has 94 valence electrons. The van der Waals surface area contributed by atoms with Crippen molar-refractivity contribution < 1.29 is 13.9 Å². The van der Waals surface area contributed by atoms with Gasteiger partial charge in [-0.05, 0) is 24.3 Å². The maximum absolute atomic E-state index is 12.0. The summed E-state index contributed by atoms with van der Waals surface area (Å²) in [5, 5.41) is 2.74. The summed E-state index contributed by atoms with van der Waals surface area (Å²) in [7, 11) is 1.50. The van der Waals surface area contributed by atoms with Crippen LogP contribution in [0.15, 0.2) is 41.0 Å². The molecule has 1 heterocycles. The van der Waals surface area contributed by atoms with Gasteiger partial charge in [-0.3, -0.25) is 4.79 Å². The topological polar surface area (TPSA) is 77.5 Å². The van der Waals surface area contributed by atoms with E-state index in [9.17, 15) is 4.79 Å². The summed E-state index contributed by atoms with van der Waals surface area (Å²) in [6.07, 6.45) is 1.56. The SMILES string of the molecule is COc1cc(N)ccc1C(=O)NCc1ccco1. The maximum Gasteiger partial charge on any atom is 0.255 e. The summed E-state index contributed by atoms with van der Waals surface area (Å²) in [5.74, 6) is 0.910. The quantitative estimate of drug-likeness (QED) is 0.806. The second-order valence-electron chi connectivity index (χ2n) is 3.72. The molecule has 0 bridgehead atoms. The molecule has 0 saturated heterocycles. The Morgan fingerprint density at radius 3 is 2.94 bits per heavy atom. The lowest BCUT2D eigenvalue weighted by Gasteiger charge is -2.09. The molecule has 2 aromatic rings. The van der Waals surface area contributed by atoms with Crippen LogP contribution in [0.25, 0.3) is 0 Å². The van der Waals surface area contributed by atoms with E-state index in [1.54, 1.807) is 36.6 Å². The molecule has 5 heteroatoms. The smallest absolute Gasteiger partial charge is 0.255 e. The molecular formula is C13H14N2O3. The first-order valence-electron chi connectivity index (χ1n) is 5.45. The molecule has 0 spiro atoms. The zero-order valence-corrected chi connectivity index (χ0v) is 9.97. The summed E-state index contributed by atoms with van der Waals surface area (Å²) >= 11 is 0. The van der Waals surface area contributed by atoms with Gasteiger partial charge in [0.15, 0.2) is 0 Å². The van der Waals surface area contributed by atoms with Crippen LogP contribution < -0.4 is 15.8 Å². The third-order valence-corrected chi connectivity index (χ3v) is 2.47. The van der Waals surface area contributed by atoms with Gasteiger partial charge in [0.2, 0.25) is 0 Å². The fraction of sp³-hybridized carbons (Fsp3) is 0.154. The number of ether oxygens (including phenoxy) is 1. The van der Waals surface area contributed by atoms with Crippen molar-refractivity contribution in [3.05, 3.63) is 47.9 Å². The van der Waals surface area contributed by atoms with E-state index in [-0.39, 0.29) is 5.91 Å². The minimum Gasteiger partial charge on any atom is -0.496 e. The molecule has 0 aliphatic rings. The molecule has 0 atom stereocenters. The Hall–Kier alpha value is -2.43. The molecule has 1 aromatic carbocycles. The van der Waals surface area contributed by atoms with Crippen molar-refractivity contribution in [3.8, 4) is 5.75 Å². The molecule has 0 saturated carbocycles. The summed E-state index contributed by atoms with van der Waals surface area (Å²) in [6, 6.07) is 8.46. The first-order valence-corrected chi connectivity index (χ1v) is 5.45. The van der Waals surface area contributed by atoms with E-state index in [0.29, 0.717) is 29.3 Å². The number of hydrogen-bond acceptors (Lipinski definition) is 4. The number of carbonyl (C=O) groups is 1. The van der Waals surface area contributed by atoms with Gasteiger partial charge in [0.25, 0.3) is 5.91 Å². The Kier molecular flexibility index (Phi) is 3.52.